The monoisotopic (exact) mass is 276 g/mol. The molecule has 0 aliphatic rings. The molecular formula is C12H12N4O4. The van der Waals surface area contributed by atoms with Gasteiger partial charge in [-0.2, -0.15) is 0 Å². The van der Waals surface area contributed by atoms with Gasteiger partial charge in [-0.15, -0.1) is 5.10 Å². The summed E-state index contributed by atoms with van der Waals surface area (Å²) in [6, 6.07) is 9.33. The summed E-state index contributed by atoms with van der Waals surface area (Å²) in [6.45, 7) is 0.356. The van der Waals surface area contributed by atoms with Crippen molar-refractivity contribution in [2.24, 2.45) is 5.92 Å². The summed E-state index contributed by atoms with van der Waals surface area (Å²) in [5, 5.41) is 28.6. The highest BCUT2D eigenvalue weighted by Crippen LogP contribution is 2.09. The maximum Gasteiger partial charge on any atom is 0.318 e. The fourth-order valence-corrected chi connectivity index (χ4v) is 1.71. The van der Waals surface area contributed by atoms with Gasteiger partial charge in [-0.25, -0.2) is 4.68 Å². The minimum absolute atomic E-state index is 0.226. The highest BCUT2D eigenvalue weighted by molar-refractivity contribution is 5.93. The van der Waals surface area contributed by atoms with Crippen LogP contribution in [0.3, 0.4) is 0 Å². The molecule has 0 bridgehead atoms. The Kier molecular flexibility index (Phi) is 4.04. The van der Waals surface area contributed by atoms with Crippen LogP contribution in [0.25, 0.3) is 0 Å². The second kappa shape index (κ2) is 5.91. The van der Waals surface area contributed by atoms with Crippen LogP contribution in [0.5, 0.6) is 0 Å². The number of aromatic nitrogens is 4. The highest BCUT2D eigenvalue weighted by atomic mass is 16.4. The van der Waals surface area contributed by atoms with E-state index in [4.69, 9.17) is 10.2 Å². The maximum atomic E-state index is 10.9. The zero-order chi connectivity index (χ0) is 14.5. The number of nitrogens with zero attached hydrogens (tertiary/aromatic N) is 4. The molecule has 0 atom stereocenters. The Morgan fingerprint density at radius 1 is 1.15 bits per heavy atom. The molecule has 0 amide bonds. The van der Waals surface area contributed by atoms with Crippen molar-refractivity contribution >= 4 is 11.9 Å². The average Bonchev–Trinajstić information content (AvgIpc) is 2.83. The van der Waals surface area contributed by atoms with Crippen molar-refractivity contribution in [2.75, 3.05) is 0 Å². The molecule has 0 aliphatic carbocycles. The van der Waals surface area contributed by atoms with Crippen LogP contribution in [0.15, 0.2) is 30.3 Å². The zero-order valence-corrected chi connectivity index (χ0v) is 10.4. The number of hydrogen-bond acceptors (Lipinski definition) is 5. The van der Waals surface area contributed by atoms with Gasteiger partial charge in [0.05, 0.1) is 6.54 Å². The lowest BCUT2D eigenvalue weighted by Crippen LogP contribution is -2.27. The molecule has 0 saturated heterocycles. The number of rotatable bonds is 6. The van der Waals surface area contributed by atoms with Crippen LogP contribution < -0.4 is 0 Å². The Labute approximate surface area is 113 Å². The Bertz CT molecular complexity index is 597. The summed E-state index contributed by atoms with van der Waals surface area (Å²) in [6.07, 6.45) is -0.259. The number of benzene rings is 1. The molecule has 2 rings (SSSR count). The lowest BCUT2D eigenvalue weighted by molar-refractivity contribution is -0.154. The van der Waals surface area contributed by atoms with E-state index in [1.165, 1.54) is 4.68 Å². The number of hydrogen-bond donors (Lipinski definition) is 2. The molecule has 2 aromatic rings. The van der Waals surface area contributed by atoms with Gasteiger partial charge in [0.15, 0.2) is 11.7 Å². The van der Waals surface area contributed by atoms with Crippen LogP contribution in [-0.4, -0.2) is 42.4 Å². The standard InChI is InChI=1S/C12H12N4O4/c17-11(18)9(12(19)20)6-10-13-14-15-16(10)7-8-4-2-1-3-5-8/h1-5,9H,6-7H2,(H,17,18)(H,19,20). The summed E-state index contributed by atoms with van der Waals surface area (Å²) in [5.74, 6) is -4.15. The summed E-state index contributed by atoms with van der Waals surface area (Å²) < 4.78 is 1.40. The first-order valence-corrected chi connectivity index (χ1v) is 5.82. The predicted octanol–water partition coefficient (Wildman–Crippen LogP) is 0.0493. The molecule has 2 N–H and O–H groups in total. The molecule has 0 radical (unpaired) electrons. The number of tetrazole rings is 1. The van der Waals surface area contributed by atoms with Crippen molar-refractivity contribution in [3.63, 3.8) is 0 Å². The zero-order valence-electron chi connectivity index (χ0n) is 10.4. The van der Waals surface area contributed by atoms with Crippen LogP contribution in [0.1, 0.15) is 11.4 Å². The molecule has 8 heteroatoms. The van der Waals surface area contributed by atoms with Crippen LogP contribution in [0.4, 0.5) is 0 Å². The van der Waals surface area contributed by atoms with Crippen molar-refractivity contribution in [1.82, 2.24) is 20.2 Å². The molecule has 20 heavy (non-hydrogen) atoms. The third kappa shape index (κ3) is 3.16. The average molecular weight is 276 g/mol. The van der Waals surface area contributed by atoms with Gasteiger partial charge in [0.1, 0.15) is 0 Å². The Hall–Kier alpha value is -2.77. The summed E-state index contributed by atoms with van der Waals surface area (Å²) in [4.78, 5) is 21.8. The highest BCUT2D eigenvalue weighted by Gasteiger charge is 2.28. The Balaban J connectivity index is 2.16. The molecule has 0 fully saturated rings. The van der Waals surface area contributed by atoms with Gasteiger partial charge in [0.2, 0.25) is 0 Å². The van der Waals surface area contributed by atoms with E-state index in [1.807, 2.05) is 30.3 Å². The molecule has 1 aromatic heterocycles. The van der Waals surface area contributed by atoms with Crippen molar-refractivity contribution in [1.29, 1.82) is 0 Å². The van der Waals surface area contributed by atoms with E-state index in [2.05, 4.69) is 15.5 Å². The van der Waals surface area contributed by atoms with Gasteiger partial charge in [-0.3, -0.25) is 9.59 Å². The number of carbonyl (C=O) groups is 2. The van der Waals surface area contributed by atoms with E-state index < -0.39 is 17.9 Å². The fraction of sp³-hybridized carbons (Fsp3) is 0.250. The van der Waals surface area contributed by atoms with Crippen LogP contribution in [-0.2, 0) is 22.6 Å². The van der Waals surface area contributed by atoms with E-state index in [9.17, 15) is 9.59 Å². The lowest BCUT2D eigenvalue weighted by Gasteiger charge is -2.08. The van der Waals surface area contributed by atoms with Gasteiger partial charge in [0, 0.05) is 6.42 Å². The topological polar surface area (TPSA) is 118 Å². The molecule has 0 aliphatic heterocycles. The van der Waals surface area contributed by atoms with E-state index in [1.54, 1.807) is 0 Å². The van der Waals surface area contributed by atoms with Crippen molar-refractivity contribution in [3.8, 4) is 0 Å². The second-order valence-corrected chi connectivity index (χ2v) is 4.17. The molecule has 8 nitrogen and oxygen atoms in total. The third-order valence-corrected chi connectivity index (χ3v) is 2.76. The number of aliphatic carboxylic acids is 2. The number of carboxylic acids is 2. The van der Waals surface area contributed by atoms with Crippen molar-refractivity contribution < 1.29 is 19.8 Å². The summed E-state index contributed by atoms with van der Waals surface area (Å²) >= 11 is 0. The molecule has 0 saturated carbocycles. The molecule has 1 aromatic carbocycles. The minimum atomic E-state index is -1.56. The molecule has 0 spiro atoms. The molecular weight excluding hydrogens is 264 g/mol. The maximum absolute atomic E-state index is 10.9. The van der Waals surface area contributed by atoms with Gasteiger partial charge in [-0.1, -0.05) is 30.3 Å². The van der Waals surface area contributed by atoms with Crippen LogP contribution in [0.2, 0.25) is 0 Å². The predicted molar refractivity (Wildman–Crippen MR) is 65.8 cm³/mol. The van der Waals surface area contributed by atoms with Crippen molar-refractivity contribution in [2.45, 2.75) is 13.0 Å². The van der Waals surface area contributed by atoms with E-state index >= 15 is 0 Å². The smallest absolute Gasteiger partial charge is 0.318 e. The number of carboxylic acid groups (broad SMARTS) is 2. The first kappa shape index (κ1) is 13.7. The first-order chi connectivity index (χ1) is 9.58. The quantitative estimate of drug-likeness (QED) is 0.715. The SMILES string of the molecule is O=C(O)C(Cc1nnnn1Cc1ccccc1)C(=O)O. The van der Waals surface area contributed by atoms with Gasteiger partial charge in [-0.05, 0) is 16.0 Å². The van der Waals surface area contributed by atoms with Gasteiger partial charge < -0.3 is 10.2 Å². The first-order valence-electron chi connectivity index (χ1n) is 5.82. The molecule has 104 valence electrons. The van der Waals surface area contributed by atoms with E-state index in [-0.39, 0.29) is 12.2 Å². The van der Waals surface area contributed by atoms with Crippen molar-refractivity contribution in [3.05, 3.63) is 41.7 Å². The lowest BCUT2D eigenvalue weighted by atomic mass is 10.1. The molecule has 1 heterocycles. The summed E-state index contributed by atoms with van der Waals surface area (Å²) in [7, 11) is 0. The second-order valence-electron chi connectivity index (χ2n) is 4.17. The Morgan fingerprint density at radius 3 is 2.40 bits per heavy atom. The third-order valence-electron chi connectivity index (χ3n) is 2.76. The normalized spacial score (nSPS) is 10.7. The molecule has 0 unspecified atom stereocenters. The minimum Gasteiger partial charge on any atom is -0.481 e. The van der Waals surface area contributed by atoms with E-state index in [0.29, 0.717) is 6.54 Å². The van der Waals surface area contributed by atoms with Crippen LogP contribution in [0, 0.1) is 5.92 Å². The van der Waals surface area contributed by atoms with E-state index in [0.717, 1.165) is 5.56 Å². The van der Waals surface area contributed by atoms with Gasteiger partial charge >= 0.3 is 11.9 Å². The summed E-state index contributed by atoms with van der Waals surface area (Å²) in [5.41, 5.74) is 0.934. The fourth-order valence-electron chi connectivity index (χ4n) is 1.71. The largest absolute Gasteiger partial charge is 0.481 e. The van der Waals surface area contributed by atoms with Crippen LogP contribution >= 0.6 is 0 Å². The Morgan fingerprint density at radius 2 is 1.80 bits per heavy atom. The van der Waals surface area contributed by atoms with Gasteiger partial charge in [0.25, 0.3) is 0 Å².